The fourth-order valence-electron chi connectivity index (χ4n) is 1.30. The minimum absolute atomic E-state index is 0.110. The molecule has 0 spiro atoms. The standard InChI is InChI=1S/C12H15BrFNO/c1-8(13)7-16-12-6-10(14)4-5-11(12)9(2)15-3/h4-6,9,15H,1,7H2,2-3H3. The molecule has 2 nitrogen and oxygen atoms in total. The number of hydrogen-bond acceptors (Lipinski definition) is 2. The van der Waals surface area contributed by atoms with E-state index in [1.807, 2.05) is 14.0 Å². The van der Waals surface area contributed by atoms with Crippen LogP contribution in [0.5, 0.6) is 5.75 Å². The van der Waals surface area contributed by atoms with Crippen molar-refractivity contribution < 1.29 is 9.13 Å². The van der Waals surface area contributed by atoms with E-state index in [0.717, 1.165) is 10.0 Å². The molecule has 0 saturated heterocycles. The van der Waals surface area contributed by atoms with Gasteiger partial charge >= 0.3 is 0 Å². The van der Waals surface area contributed by atoms with Gasteiger partial charge in [-0.15, -0.1) is 0 Å². The molecule has 0 radical (unpaired) electrons. The molecule has 4 heteroatoms. The van der Waals surface area contributed by atoms with Gasteiger partial charge in [-0.2, -0.15) is 0 Å². The van der Waals surface area contributed by atoms with Crippen molar-refractivity contribution in [2.24, 2.45) is 0 Å². The summed E-state index contributed by atoms with van der Waals surface area (Å²) in [5.41, 5.74) is 0.928. The second-order valence-corrected chi connectivity index (χ2v) is 4.62. The first-order chi connectivity index (χ1) is 7.54. The van der Waals surface area contributed by atoms with Crippen LogP contribution in [0.1, 0.15) is 18.5 Å². The number of rotatable bonds is 5. The first-order valence-corrected chi connectivity index (χ1v) is 5.76. The van der Waals surface area contributed by atoms with Gasteiger partial charge in [0.2, 0.25) is 0 Å². The lowest BCUT2D eigenvalue weighted by Gasteiger charge is -2.16. The summed E-state index contributed by atoms with van der Waals surface area (Å²) in [6.45, 7) is 5.99. The van der Waals surface area contributed by atoms with Crippen molar-refractivity contribution in [3.05, 3.63) is 40.6 Å². The van der Waals surface area contributed by atoms with Gasteiger partial charge in [-0.25, -0.2) is 4.39 Å². The van der Waals surface area contributed by atoms with E-state index >= 15 is 0 Å². The number of nitrogens with one attached hydrogen (secondary N) is 1. The molecule has 0 aliphatic carbocycles. The molecule has 0 aliphatic heterocycles. The quantitative estimate of drug-likeness (QED) is 0.896. The van der Waals surface area contributed by atoms with Gasteiger partial charge in [-0.3, -0.25) is 0 Å². The average molecular weight is 288 g/mol. The first kappa shape index (κ1) is 13.2. The second kappa shape index (κ2) is 6.01. The lowest BCUT2D eigenvalue weighted by atomic mass is 10.1. The Kier molecular flexibility index (Phi) is 4.96. The summed E-state index contributed by atoms with van der Waals surface area (Å²) in [6.07, 6.45) is 0. The predicted octanol–water partition coefficient (Wildman–Crippen LogP) is 3.39. The topological polar surface area (TPSA) is 21.3 Å². The maximum absolute atomic E-state index is 13.1. The van der Waals surface area contributed by atoms with Crippen LogP contribution in [0.15, 0.2) is 29.3 Å². The molecule has 16 heavy (non-hydrogen) atoms. The fraction of sp³-hybridized carbons (Fsp3) is 0.333. The van der Waals surface area contributed by atoms with Crippen molar-refractivity contribution in [3.8, 4) is 5.75 Å². The van der Waals surface area contributed by atoms with E-state index in [1.54, 1.807) is 6.07 Å². The molecule has 0 amide bonds. The van der Waals surface area contributed by atoms with Crippen LogP contribution in [0, 0.1) is 5.82 Å². The molecule has 1 unspecified atom stereocenters. The zero-order chi connectivity index (χ0) is 12.1. The number of hydrogen-bond donors (Lipinski definition) is 1. The van der Waals surface area contributed by atoms with Crippen molar-refractivity contribution in [2.45, 2.75) is 13.0 Å². The van der Waals surface area contributed by atoms with E-state index in [9.17, 15) is 4.39 Å². The number of benzene rings is 1. The van der Waals surface area contributed by atoms with Crippen LogP contribution in [0.3, 0.4) is 0 Å². The maximum atomic E-state index is 13.1. The van der Waals surface area contributed by atoms with Crippen LogP contribution < -0.4 is 10.1 Å². The van der Waals surface area contributed by atoms with Gasteiger partial charge in [-0.1, -0.05) is 28.6 Å². The van der Waals surface area contributed by atoms with Crippen molar-refractivity contribution in [1.82, 2.24) is 5.32 Å². The van der Waals surface area contributed by atoms with Crippen LogP contribution in [-0.4, -0.2) is 13.7 Å². The first-order valence-electron chi connectivity index (χ1n) is 4.97. The van der Waals surface area contributed by atoms with Gasteiger partial charge in [-0.05, 0) is 20.0 Å². The molecule has 0 heterocycles. The molecule has 0 fully saturated rings. The largest absolute Gasteiger partial charge is 0.488 e. The Morgan fingerprint density at radius 2 is 2.31 bits per heavy atom. The van der Waals surface area contributed by atoms with Gasteiger partial charge in [0.1, 0.15) is 18.2 Å². The molecular weight excluding hydrogens is 273 g/mol. The SMILES string of the molecule is C=C(Br)COc1cc(F)ccc1C(C)NC. The van der Waals surface area contributed by atoms with Crippen molar-refractivity contribution in [2.75, 3.05) is 13.7 Å². The molecule has 0 bridgehead atoms. The summed E-state index contributed by atoms with van der Waals surface area (Å²) in [6, 6.07) is 4.65. The van der Waals surface area contributed by atoms with Crippen molar-refractivity contribution >= 4 is 15.9 Å². The van der Waals surface area contributed by atoms with Crippen LogP contribution >= 0.6 is 15.9 Å². The smallest absolute Gasteiger partial charge is 0.127 e. The van der Waals surface area contributed by atoms with E-state index in [2.05, 4.69) is 27.8 Å². The van der Waals surface area contributed by atoms with E-state index in [1.165, 1.54) is 12.1 Å². The molecule has 1 N–H and O–H groups in total. The van der Waals surface area contributed by atoms with Crippen LogP contribution in [0.2, 0.25) is 0 Å². The third kappa shape index (κ3) is 3.61. The van der Waals surface area contributed by atoms with Gasteiger partial charge in [0.15, 0.2) is 0 Å². The highest BCUT2D eigenvalue weighted by Crippen LogP contribution is 2.26. The summed E-state index contributed by atoms with van der Waals surface area (Å²) < 4.78 is 19.3. The van der Waals surface area contributed by atoms with E-state index in [0.29, 0.717) is 12.4 Å². The molecule has 1 aromatic carbocycles. The summed E-state index contributed by atoms with van der Waals surface area (Å²) in [7, 11) is 1.85. The highest BCUT2D eigenvalue weighted by atomic mass is 79.9. The second-order valence-electron chi connectivity index (χ2n) is 3.50. The number of halogens is 2. The van der Waals surface area contributed by atoms with Crippen molar-refractivity contribution in [1.29, 1.82) is 0 Å². The lowest BCUT2D eigenvalue weighted by molar-refractivity contribution is 0.350. The predicted molar refractivity (Wildman–Crippen MR) is 67.4 cm³/mol. The summed E-state index contributed by atoms with van der Waals surface area (Å²) >= 11 is 3.20. The lowest BCUT2D eigenvalue weighted by Crippen LogP contribution is -2.14. The zero-order valence-electron chi connectivity index (χ0n) is 9.39. The Hall–Kier alpha value is -0.870. The Morgan fingerprint density at radius 3 is 2.88 bits per heavy atom. The number of ether oxygens (including phenoxy) is 1. The third-order valence-corrected chi connectivity index (χ3v) is 2.49. The normalized spacial score (nSPS) is 12.2. The Morgan fingerprint density at radius 1 is 1.62 bits per heavy atom. The van der Waals surface area contributed by atoms with Gasteiger partial charge in [0, 0.05) is 22.2 Å². The Labute approximate surface area is 104 Å². The maximum Gasteiger partial charge on any atom is 0.127 e. The van der Waals surface area contributed by atoms with E-state index in [4.69, 9.17) is 4.74 Å². The summed E-state index contributed by atoms with van der Waals surface area (Å²) in [5.74, 6) is 0.240. The molecular formula is C12H15BrFNO. The minimum Gasteiger partial charge on any atom is -0.488 e. The van der Waals surface area contributed by atoms with Gasteiger partial charge < -0.3 is 10.1 Å². The zero-order valence-corrected chi connectivity index (χ0v) is 11.0. The van der Waals surface area contributed by atoms with E-state index in [-0.39, 0.29) is 11.9 Å². The molecule has 1 rings (SSSR count). The fourth-order valence-corrected chi connectivity index (χ4v) is 1.42. The molecule has 1 aromatic rings. The molecule has 0 saturated carbocycles. The molecule has 1 atom stereocenters. The van der Waals surface area contributed by atoms with Gasteiger partial charge in [0.25, 0.3) is 0 Å². The van der Waals surface area contributed by atoms with Gasteiger partial charge in [0.05, 0.1) is 0 Å². The minimum atomic E-state index is -0.303. The molecule has 88 valence electrons. The highest BCUT2D eigenvalue weighted by molar-refractivity contribution is 9.11. The average Bonchev–Trinajstić information content (AvgIpc) is 2.25. The summed E-state index contributed by atoms with van der Waals surface area (Å²) in [5, 5.41) is 3.09. The van der Waals surface area contributed by atoms with Crippen LogP contribution in [0.25, 0.3) is 0 Å². The van der Waals surface area contributed by atoms with Crippen molar-refractivity contribution in [3.63, 3.8) is 0 Å². The monoisotopic (exact) mass is 287 g/mol. The molecule has 0 aliphatic rings. The third-order valence-electron chi connectivity index (χ3n) is 2.26. The Bertz CT molecular complexity index is 381. The van der Waals surface area contributed by atoms with E-state index < -0.39 is 0 Å². The molecule has 0 aromatic heterocycles. The summed E-state index contributed by atoms with van der Waals surface area (Å²) in [4.78, 5) is 0. The van der Waals surface area contributed by atoms with Crippen LogP contribution in [-0.2, 0) is 0 Å². The van der Waals surface area contributed by atoms with Crippen LogP contribution in [0.4, 0.5) is 4.39 Å². The Balaban J connectivity index is 2.93. The highest BCUT2D eigenvalue weighted by Gasteiger charge is 2.11.